The van der Waals surface area contributed by atoms with E-state index in [2.05, 4.69) is 103 Å². The number of allylic oxidation sites excluding steroid dienone is 6. The van der Waals surface area contributed by atoms with E-state index in [1.807, 2.05) is 0 Å². The smallest absolute Gasteiger partial charge is 0.119 e. The highest BCUT2D eigenvalue weighted by molar-refractivity contribution is 5.90. The molecule has 0 aliphatic heterocycles. The van der Waals surface area contributed by atoms with Crippen molar-refractivity contribution in [2.24, 2.45) is 5.92 Å². The fourth-order valence-corrected chi connectivity index (χ4v) is 6.89. The lowest BCUT2D eigenvalue weighted by Crippen LogP contribution is -2.32. The van der Waals surface area contributed by atoms with Crippen molar-refractivity contribution in [2.75, 3.05) is 14.2 Å². The van der Waals surface area contributed by atoms with E-state index >= 15 is 0 Å². The van der Waals surface area contributed by atoms with E-state index in [0.717, 1.165) is 30.8 Å². The van der Waals surface area contributed by atoms with Crippen LogP contribution in [0, 0.1) is 5.92 Å². The van der Waals surface area contributed by atoms with E-state index in [0.29, 0.717) is 5.92 Å². The molecule has 3 aliphatic rings. The maximum absolute atomic E-state index is 5.60. The quantitative estimate of drug-likeness (QED) is 0.291. The molecule has 2 nitrogen and oxygen atoms in total. The molecule has 1 unspecified atom stereocenters. The molecular formula is C35H30O2. The summed E-state index contributed by atoms with van der Waals surface area (Å²) in [6, 6.07) is 31.4. The minimum atomic E-state index is -0.325. The fourth-order valence-electron chi connectivity index (χ4n) is 6.89. The predicted molar refractivity (Wildman–Crippen MR) is 151 cm³/mol. The van der Waals surface area contributed by atoms with Gasteiger partial charge < -0.3 is 9.47 Å². The SMILES string of the molecule is COC1=CC2=CC=C(C3(c4ccc5cc(OC)ccc5c4)c4ccccc4-c4ccccc43)CC2CC1. The van der Waals surface area contributed by atoms with Crippen LogP contribution >= 0.6 is 0 Å². The average molecular weight is 483 g/mol. The third kappa shape index (κ3) is 3.25. The lowest BCUT2D eigenvalue weighted by molar-refractivity contribution is 0.262. The number of hydrogen-bond acceptors (Lipinski definition) is 2. The molecule has 37 heavy (non-hydrogen) atoms. The summed E-state index contributed by atoms with van der Waals surface area (Å²) in [5.41, 5.74) is 9.33. The normalized spacial score (nSPS) is 19.2. The molecule has 7 rings (SSSR count). The molecule has 4 aromatic rings. The molecule has 2 heteroatoms. The number of benzene rings is 4. The number of ether oxygens (including phenoxy) is 2. The van der Waals surface area contributed by atoms with Gasteiger partial charge in [-0.15, -0.1) is 0 Å². The second kappa shape index (κ2) is 8.52. The summed E-state index contributed by atoms with van der Waals surface area (Å²) in [4.78, 5) is 0. The largest absolute Gasteiger partial charge is 0.501 e. The highest BCUT2D eigenvalue weighted by atomic mass is 16.5. The van der Waals surface area contributed by atoms with E-state index in [4.69, 9.17) is 9.47 Å². The first kappa shape index (κ1) is 22.2. The van der Waals surface area contributed by atoms with Gasteiger partial charge in [-0.3, -0.25) is 0 Å². The number of fused-ring (bicyclic) bond motifs is 5. The molecule has 0 aromatic heterocycles. The van der Waals surface area contributed by atoms with Gasteiger partial charge in [-0.05, 0) is 87.2 Å². The van der Waals surface area contributed by atoms with E-state index in [1.165, 1.54) is 49.7 Å². The van der Waals surface area contributed by atoms with E-state index in [9.17, 15) is 0 Å². The molecular weight excluding hydrogens is 452 g/mol. The van der Waals surface area contributed by atoms with Crippen LogP contribution in [0.4, 0.5) is 0 Å². The van der Waals surface area contributed by atoms with Crippen LogP contribution in [0.15, 0.2) is 120 Å². The van der Waals surface area contributed by atoms with Crippen molar-refractivity contribution in [3.05, 3.63) is 137 Å². The average Bonchev–Trinajstić information content (AvgIpc) is 3.27. The third-order valence-corrected chi connectivity index (χ3v) is 8.66. The number of rotatable bonds is 4. The Morgan fingerprint density at radius 3 is 2.16 bits per heavy atom. The highest BCUT2D eigenvalue weighted by Gasteiger charge is 2.48. The predicted octanol–water partition coefficient (Wildman–Crippen LogP) is 8.36. The monoisotopic (exact) mass is 482 g/mol. The molecule has 0 radical (unpaired) electrons. The Bertz CT molecular complexity index is 1590. The van der Waals surface area contributed by atoms with Gasteiger partial charge >= 0.3 is 0 Å². The maximum atomic E-state index is 5.60. The Kier molecular flexibility index (Phi) is 5.11. The van der Waals surface area contributed by atoms with Crippen LogP contribution < -0.4 is 4.74 Å². The second-order valence-corrected chi connectivity index (χ2v) is 10.4. The molecule has 0 heterocycles. The lowest BCUT2D eigenvalue weighted by atomic mass is 9.63. The van der Waals surface area contributed by atoms with Crippen molar-refractivity contribution in [1.82, 2.24) is 0 Å². The van der Waals surface area contributed by atoms with Gasteiger partial charge in [0.15, 0.2) is 0 Å². The van der Waals surface area contributed by atoms with Gasteiger partial charge in [-0.2, -0.15) is 0 Å². The van der Waals surface area contributed by atoms with Gasteiger partial charge in [0.05, 0.1) is 25.4 Å². The zero-order valence-corrected chi connectivity index (χ0v) is 21.3. The first-order chi connectivity index (χ1) is 18.2. The first-order valence-corrected chi connectivity index (χ1v) is 13.2. The summed E-state index contributed by atoms with van der Waals surface area (Å²) in [6.45, 7) is 0. The molecule has 0 spiro atoms. The zero-order valence-electron chi connectivity index (χ0n) is 21.3. The Morgan fingerprint density at radius 2 is 1.43 bits per heavy atom. The summed E-state index contributed by atoms with van der Waals surface area (Å²) in [5, 5.41) is 2.43. The van der Waals surface area contributed by atoms with Gasteiger partial charge in [0.2, 0.25) is 0 Å². The fraction of sp³-hybridized carbons (Fsp3) is 0.200. The molecule has 1 atom stereocenters. The van der Waals surface area contributed by atoms with E-state index < -0.39 is 0 Å². The Morgan fingerprint density at radius 1 is 0.730 bits per heavy atom. The topological polar surface area (TPSA) is 18.5 Å². The van der Waals surface area contributed by atoms with Crippen molar-refractivity contribution >= 4 is 10.8 Å². The summed E-state index contributed by atoms with van der Waals surface area (Å²) in [6.07, 6.45) is 10.2. The molecule has 0 bridgehead atoms. The molecule has 0 N–H and O–H groups in total. The molecule has 0 amide bonds. The minimum Gasteiger partial charge on any atom is -0.501 e. The first-order valence-electron chi connectivity index (χ1n) is 13.2. The van der Waals surface area contributed by atoms with Crippen molar-refractivity contribution in [3.8, 4) is 16.9 Å². The highest BCUT2D eigenvalue weighted by Crippen LogP contribution is 2.58. The maximum Gasteiger partial charge on any atom is 0.119 e. The Balaban J connectivity index is 1.51. The van der Waals surface area contributed by atoms with Gasteiger partial charge in [0.1, 0.15) is 5.75 Å². The number of hydrogen-bond donors (Lipinski definition) is 0. The molecule has 0 fully saturated rings. The minimum absolute atomic E-state index is 0.325. The van der Waals surface area contributed by atoms with Crippen molar-refractivity contribution in [2.45, 2.75) is 24.7 Å². The summed E-state index contributed by atoms with van der Waals surface area (Å²) < 4.78 is 11.1. The Labute approximate surface area is 218 Å². The van der Waals surface area contributed by atoms with E-state index in [1.54, 1.807) is 14.2 Å². The summed E-state index contributed by atoms with van der Waals surface area (Å²) >= 11 is 0. The molecule has 0 saturated heterocycles. The van der Waals surface area contributed by atoms with Crippen LogP contribution in [-0.4, -0.2) is 14.2 Å². The van der Waals surface area contributed by atoms with Crippen LogP contribution in [0.2, 0.25) is 0 Å². The van der Waals surface area contributed by atoms with Gasteiger partial charge in [-0.25, -0.2) is 0 Å². The van der Waals surface area contributed by atoms with Crippen LogP contribution in [0.5, 0.6) is 5.75 Å². The molecule has 3 aliphatic carbocycles. The van der Waals surface area contributed by atoms with Gasteiger partial charge in [-0.1, -0.05) is 84.5 Å². The van der Waals surface area contributed by atoms with E-state index in [-0.39, 0.29) is 5.41 Å². The van der Waals surface area contributed by atoms with Crippen LogP contribution in [0.1, 0.15) is 36.0 Å². The van der Waals surface area contributed by atoms with Gasteiger partial charge in [0, 0.05) is 6.42 Å². The molecule has 182 valence electrons. The Hall–Kier alpha value is -4.04. The standard InChI is InChI=1S/C35H30O2/c1-36-29-17-13-23-19-27(15-11-25(23)21-29)35(28-16-12-26-22-30(37-2)18-14-24(26)20-28)33-9-5-3-7-31(33)32-8-4-6-10-34(32)35/h3-13,15-17,19,21-22,24H,14,18,20H2,1-2H3. The lowest BCUT2D eigenvalue weighted by Gasteiger charge is -2.40. The van der Waals surface area contributed by atoms with Crippen molar-refractivity contribution in [1.29, 1.82) is 0 Å². The number of methoxy groups -OCH3 is 2. The van der Waals surface area contributed by atoms with Crippen molar-refractivity contribution in [3.63, 3.8) is 0 Å². The van der Waals surface area contributed by atoms with Crippen molar-refractivity contribution < 1.29 is 9.47 Å². The molecule has 0 saturated carbocycles. The summed E-state index contributed by atoms with van der Waals surface area (Å²) in [5.74, 6) is 2.50. The molecule has 4 aromatic carbocycles. The van der Waals surface area contributed by atoms with Gasteiger partial charge in [0.25, 0.3) is 0 Å². The van der Waals surface area contributed by atoms with Crippen LogP contribution in [0.25, 0.3) is 21.9 Å². The zero-order chi connectivity index (χ0) is 25.0. The third-order valence-electron chi connectivity index (χ3n) is 8.66. The second-order valence-electron chi connectivity index (χ2n) is 10.4. The summed E-state index contributed by atoms with van der Waals surface area (Å²) in [7, 11) is 3.51. The van der Waals surface area contributed by atoms with Crippen LogP contribution in [0.3, 0.4) is 0 Å². The van der Waals surface area contributed by atoms with Crippen LogP contribution in [-0.2, 0) is 10.2 Å².